The zero-order chi connectivity index (χ0) is 15.1. The summed E-state index contributed by atoms with van der Waals surface area (Å²) < 4.78 is 10.7. The molecule has 0 aromatic heterocycles. The monoisotopic (exact) mass is 286 g/mol. The molecule has 21 heavy (non-hydrogen) atoms. The van der Waals surface area contributed by atoms with Gasteiger partial charge in [-0.1, -0.05) is 13.3 Å². The number of aromatic hydroxyl groups is 1. The van der Waals surface area contributed by atoms with E-state index in [-0.39, 0.29) is 5.75 Å². The first kappa shape index (κ1) is 14.9. The Balaban J connectivity index is 1.94. The van der Waals surface area contributed by atoms with Crippen molar-refractivity contribution in [3.8, 4) is 17.2 Å². The van der Waals surface area contributed by atoms with Gasteiger partial charge < -0.3 is 14.6 Å². The molecule has 0 saturated carbocycles. The van der Waals surface area contributed by atoms with Crippen molar-refractivity contribution in [1.29, 1.82) is 0 Å². The summed E-state index contributed by atoms with van der Waals surface area (Å²) in [5.41, 5.74) is 0.450. The number of esters is 1. The minimum atomic E-state index is -0.444. The van der Waals surface area contributed by atoms with Crippen molar-refractivity contribution in [2.45, 2.75) is 19.8 Å². The Bertz CT molecular complexity index is 573. The molecule has 0 aliphatic heterocycles. The lowest BCUT2D eigenvalue weighted by Crippen LogP contribution is -2.08. The quantitative estimate of drug-likeness (QED) is 0.498. The molecule has 110 valence electrons. The lowest BCUT2D eigenvalue weighted by molar-refractivity contribution is 0.0734. The van der Waals surface area contributed by atoms with Gasteiger partial charge in [-0.2, -0.15) is 0 Å². The molecule has 2 aromatic rings. The lowest BCUT2D eigenvalue weighted by atomic mass is 10.2. The second-order valence-electron chi connectivity index (χ2n) is 4.61. The van der Waals surface area contributed by atoms with Gasteiger partial charge in [-0.15, -0.1) is 0 Å². The molecule has 0 aliphatic rings. The highest BCUT2D eigenvalue weighted by Crippen LogP contribution is 2.18. The van der Waals surface area contributed by atoms with Crippen LogP contribution in [0.25, 0.3) is 0 Å². The molecule has 0 amide bonds. The van der Waals surface area contributed by atoms with E-state index in [2.05, 4.69) is 6.92 Å². The number of rotatable bonds is 6. The van der Waals surface area contributed by atoms with E-state index in [4.69, 9.17) is 9.47 Å². The van der Waals surface area contributed by atoms with Gasteiger partial charge in [0.15, 0.2) is 0 Å². The maximum Gasteiger partial charge on any atom is 0.343 e. The second-order valence-corrected chi connectivity index (χ2v) is 4.61. The Morgan fingerprint density at radius 2 is 1.62 bits per heavy atom. The van der Waals surface area contributed by atoms with Crippen LogP contribution in [0.5, 0.6) is 17.2 Å². The molecule has 0 saturated heterocycles. The van der Waals surface area contributed by atoms with Crippen LogP contribution in [0.1, 0.15) is 30.1 Å². The number of phenolic OH excluding ortho intramolecular Hbond substituents is 1. The summed E-state index contributed by atoms with van der Waals surface area (Å²) in [6.45, 7) is 2.78. The molecular formula is C17H18O4. The fourth-order valence-electron chi connectivity index (χ4n) is 1.70. The molecule has 0 bridgehead atoms. The molecule has 4 nitrogen and oxygen atoms in total. The Hall–Kier alpha value is -2.49. The Morgan fingerprint density at radius 1 is 1.00 bits per heavy atom. The van der Waals surface area contributed by atoms with Crippen LogP contribution >= 0.6 is 0 Å². The minimum absolute atomic E-state index is 0.128. The maximum absolute atomic E-state index is 11.9. The summed E-state index contributed by atoms with van der Waals surface area (Å²) in [6, 6.07) is 12.9. The van der Waals surface area contributed by atoms with Crippen molar-refractivity contribution in [2.24, 2.45) is 0 Å². The van der Waals surface area contributed by atoms with Crippen LogP contribution in [0.3, 0.4) is 0 Å². The average molecular weight is 286 g/mol. The van der Waals surface area contributed by atoms with Crippen molar-refractivity contribution in [3.63, 3.8) is 0 Å². The normalized spacial score (nSPS) is 10.1. The van der Waals surface area contributed by atoms with E-state index in [0.717, 1.165) is 18.6 Å². The van der Waals surface area contributed by atoms with E-state index in [1.165, 1.54) is 24.3 Å². The number of carbonyl (C=O) groups is 1. The highest BCUT2D eigenvalue weighted by molar-refractivity contribution is 5.91. The third-order valence-electron chi connectivity index (χ3n) is 2.90. The largest absolute Gasteiger partial charge is 0.508 e. The number of benzene rings is 2. The molecule has 0 fully saturated rings. The molecule has 0 radical (unpaired) electrons. The summed E-state index contributed by atoms with van der Waals surface area (Å²) in [7, 11) is 0. The molecule has 0 spiro atoms. The first-order valence-corrected chi connectivity index (χ1v) is 6.93. The number of ether oxygens (including phenoxy) is 2. The molecular weight excluding hydrogens is 268 g/mol. The topological polar surface area (TPSA) is 55.8 Å². The fourth-order valence-corrected chi connectivity index (χ4v) is 1.70. The number of phenols is 1. The van der Waals surface area contributed by atoms with E-state index in [1.807, 2.05) is 0 Å². The predicted octanol–water partition coefficient (Wildman–Crippen LogP) is 3.79. The van der Waals surface area contributed by atoms with Crippen LogP contribution in [0.2, 0.25) is 0 Å². The van der Waals surface area contributed by atoms with Crippen LogP contribution in [0.15, 0.2) is 48.5 Å². The summed E-state index contributed by atoms with van der Waals surface area (Å²) >= 11 is 0. The molecule has 2 aromatic carbocycles. The first-order valence-electron chi connectivity index (χ1n) is 6.93. The van der Waals surface area contributed by atoms with Crippen molar-refractivity contribution >= 4 is 5.97 Å². The highest BCUT2D eigenvalue weighted by Gasteiger charge is 2.08. The van der Waals surface area contributed by atoms with Crippen LogP contribution in [-0.2, 0) is 0 Å². The standard InChI is InChI=1S/C17H18O4/c1-2-3-12-20-15-8-4-13(5-9-15)17(19)21-16-10-6-14(18)7-11-16/h4-11,18H,2-3,12H2,1H3. The third kappa shape index (κ3) is 4.53. The molecule has 4 heteroatoms. The summed E-state index contributed by atoms with van der Waals surface area (Å²) in [4.78, 5) is 11.9. The smallest absolute Gasteiger partial charge is 0.343 e. The SMILES string of the molecule is CCCCOc1ccc(C(=O)Oc2ccc(O)cc2)cc1. The first-order chi connectivity index (χ1) is 10.2. The van der Waals surface area contributed by atoms with Gasteiger partial charge >= 0.3 is 5.97 Å². The Labute approximate surface area is 123 Å². The van der Waals surface area contributed by atoms with E-state index in [9.17, 15) is 9.90 Å². The molecule has 1 N–H and O–H groups in total. The van der Waals surface area contributed by atoms with Gasteiger partial charge in [-0.3, -0.25) is 0 Å². The molecule has 0 heterocycles. The number of carbonyl (C=O) groups excluding carboxylic acids is 1. The van der Waals surface area contributed by atoms with Gasteiger partial charge in [0.2, 0.25) is 0 Å². The van der Waals surface area contributed by atoms with E-state index in [1.54, 1.807) is 24.3 Å². The van der Waals surface area contributed by atoms with Crippen LogP contribution in [-0.4, -0.2) is 17.7 Å². The van der Waals surface area contributed by atoms with Gasteiger partial charge in [-0.25, -0.2) is 4.79 Å². The highest BCUT2D eigenvalue weighted by atomic mass is 16.5. The summed E-state index contributed by atoms with van der Waals surface area (Å²) in [6.07, 6.45) is 2.09. The van der Waals surface area contributed by atoms with E-state index in [0.29, 0.717) is 17.9 Å². The summed E-state index contributed by atoms with van der Waals surface area (Å²) in [5, 5.41) is 9.17. The van der Waals surface area contributed by atoms with Gasteiger partial charge in [0, 0.05) is 0 Å². The maximum atomic E-state index is 11.9. The minimum Gasteiger partial charge on any atom is -0.508 e. The van der Waals surface area contributed by atoms with Gasteiger partial charge in [0.25, 0.3) is 0 Å². The van der Waals surface area contributed by atoms with Crippen molar-refractivity contribution < 1.29 is 19.4 Å². The molecule has 0 unspecified atom stereocenters. The van der Waals surface area contributed by atoms with Crippen molar-refractivity contribution in [2.75, 3.05) is 6.61 Å². The van der Waals surface area contributed by atoms with Gasteiger partial charge in [0.05, 0.1) is 12.2 Å². The van der Waals surface area contributed by atoms with E-state index < -0.39 is 5.97 Å². The Morgan fingerprint density at radius 3 is 2.24 bits per heavy atom. The van der Waals surface area contributed by atoms with E-state index >= 15 is 0 Å². The number of hydrogen-bond acceptors (Lipinski definition) is 4. The van der Waals surface area contributed by atoms with Gasteiger partial charge in [0.1, 0.15) is 17.2 Å². The average Bonchev–Trinajstić information content (AvgIpc) is 2.50. The lowest BCUT2D eigenvalue weighted by Gasteiger charge is -2.07. The van der Waals surface area contributed by atoms with Crippen LogP contribution in [0, 0.1) is 0 Å². The van der Waals surface area contributed by atoms with Crippen LogP contribution in [0.4, 0.5) is 0 Å². The Kier molecular flexibility index (Phi) is 5.21. The predicted molar refractivity (Wildman–Crippen MR) is 79.9 cm³/mol. The van der Waals surface area contributed by atoms with Crippen molar-refractivity contribution in [1.82, 2.24) is 0 Å². The molecule has 0 atom stereocenters. The number of hydrogen-bond donors (Lipinski definition) is 1. The summed E-state index contributed by atoms with van der Waals surface area (Å²) in [5.74, 6) is 0.815. The fraction of sp³-hybridized carbons (Fsp3) is 0.235. The van der Waals surface area contributed by atoms with Crippen molar-refractivity contribution in [3.05, 3.63) is 54.1 Å². The molecule has 2 rings (SSSR count). The van der Waals surface area contributed by atoms with Crippen LogP contribution < -0.4 is 9.47 Å². The third-order valence-corrected chi connectivity index (χ3v) is 2.90. The molecule has 0 aliphatic carbocycles. The number of unbranched alkanes of at least 4 members (excludes halogenated alkanes) is 1. The zero-order valence-corrected chi connectivity index (χ0v) is 11.9. The zero-order valence-electron chi connectivity index (χ0n) is 11.9. The van der Waals surface area contributed by atoms with Gasteiger partial charge in [-0.05, 0) is 55.0 Å². The second kappa shape index (κ2) is 7.33.